The minimum atomic E-state index is 0.432. The Morgan fingerprint density at radius 1 is 1.24 bits per heavy atom. The summed E-state index contributed by atoms with van der Waals surface area (Å²) in [5.74, 6) is 0. The van der Waals surface area contributed by atoms with Crippen LogP contribution >= 0.6 is 0 Å². The summed E-state index contributed by atoms with van der Waals surface area (Å²) in [5.41, 5.74) is 2.77. The largest absolute Gasteiger partial charge is 0.382 e. The van der Waals surface area contributed by atoms with Gasteiger partial charge in [-0.05, 0) is 56.8 Å². The van der Waals surface area contributed by atoms with E-state index in [1.54, 1.807) is 0 Å². The van der Waals surface area contributed by atoms with E-state index >= 15 is 0 Å². The van der Waals surface area contributed by atoms with Crippen molar-refractivity contribution >= 4 is 5.69 Å². The van der Waals surface area contributed by atoms with Crippen LogP contribution in [0.4, 0.5) is 5.69 Å². The second-order valence-corrected chi connectivity index (χ2v) is 6.41. The normalized spacial score (nSPS) is 26.9. The second-order valence-electron chi connectivity index (χ2n) is 6.41. The fourth-order valence-electron chi connectivity index (χ4n) is 3.50. The molecule has 3 heteroatoms. The molecule has 0 saturated carbocycles. The van der Waals surface area contributed by atoms with Gasteiger partial charge in [0, 0.05) is 24.9 Å². The predicted molar refractivity (Wildman–Crippen MR) is 87.6 cm³/mol. The molecule has 2 fully saturated rings. The average Bonchev–Trinajstić information content (AvgIpc) is 3.02. The van der Waals surface area contributed by atoms with Gasteiger partial charge in [0.1, 0.15) is 0 Å². The van der Waals surface area contributed by atoms with Gasteiger partial charge in [0.2, 0.25) is 0 Å². The summed E-state index contributed by atoms with van der Waals surface area (Å²) in [4.78, 5) is 2.57. The van der Waals surface area contributed by atoms with E-state index < -0.39 is 0 Å². The zero-order valence-corrected chi connectivity index (χ0v) is 13.2. The molecule has 1 N–H and O–H groups in total. The fourth-order valence-corrected chi connectivity index (χ4v) is 3.50. The maximum absolute atomic E-state index is 5.78. The minimum Gasteiger partial charge on any atom is -0.382 e. The lowest BCUT2D eigenvalue weighted by atomic mass is 10.0. The van der Waals surface area contributed by atoms with Gasteiger partial charge in [-0.3, -0.25) is 4.90 Å². The summed E-state index contributed by atoms with van der Waals surface area (Å²) in [6.45, 7) is 6.70. The van der Waals surface area contributed by atoms with Crippen molar-refractivity contribution in [2.45, 2.75) is 57.7 Å². The van der Waals surface area contributed by atoms with Gasteiger partial charge < -0.3 is 10.1 Å². The number of anilines is 1. The zero-order chi connectivity index (χ0) is 14.5. The van der Waals surface area contributed by atoms with Crippen LogP contribution in [-0.2, 0) is 11.3 Å². The van der Waals surface area contributed by atoms with Gasteiger partial charge in [-0.2, -0.15) is 0 Å². The van der Waals surface area contributed by atoms with Gasteiger partial charge >= 0.3 is 0 Å². The molecule has 3 rings (SSSR count). The lowest BCUT2D eigenvalue weighted by Gasteiger charge is -2.31. The molecular formula is C18H28N2O. The lowest BCUT2D eigenvalue weighted by molar-refractivity contribution is 0.00924. The molecule has 1 aromatic carbocycles. The molecule has 0 aromatic heterocycles. The number of benzene rings is 1. The van der Waals surface area contributed by atoms with Crippen LogP contribution in [0.3, 0.4) is 0 Å². The summed E-state index contributed by atoms with van der Waals surface area (Å²) >= 11 is 0. The van der Waals surface area contributed by atoms with Crippen LogP contribution in [-0.4, -0.2) is 36.7 Å². The quantitative estimate of drug-likeness (QED) is 0.895. The smallest absolute Gasteiger partial charge is 0.0592 e. The van der Waals surface area contributed by atoms with Gasteiger partial charge in [-0.15, -0.1) is 0 Å². The Morgan fingerprint density at radius 2 is 2.05 bits per heavy atom. The number of nitrogens with one attached hydrogen (secondary N) is 1. The Kier molecular flexibility index (Phi) is 5.15. The molecular weight excluding hydrogens is 260 g/mol. The first-order valence-corrected chi connectivity index (χ1v) is 8.53. The van der Waals surface area contributed by atoms with E-state index in [1.165, 1.54) is 37.2 Å². The first kappa shape index (κ1) is 14.9. The fraction of sp³-hybridized carbons (Fsp3) is 0.667. The maximum Gasteiger partial charge on any atom is 0.0592 e. The van der Waals surface area contributed by atoms with Crippen LogP contribution in [0, 0.1) is 0 Å². The van der Waals surface area contributed by atoms with E-state index in [0.29, 0.717) is 12.1 Å². The third-order valence-electron chi connectivity index (χ3n) is 4.79. The van der Waals surface area contributed by atoms with Crippen LogP contribution in [0.25, 0.3) is 0 Å². The van der Waals surface area contributed by atoms with Crippen LogP contribution in [0.1, 0.15) is 44.6 Å². The molecule has 2 atom stereocenters. The van der Waals surface area contributed by atoms with Crippen LogP contribution in [0.5, 0.6) is 0 Å². The first-order valence-electron chi connectivity index (χ1n) is 8.53. The number of rotatable bonds is 5. The van der Waals surface area contributed by atoms with Crippen molar-refractivity contribution in [3.05, 3.63) is 29.8 Å². The lowest BCUT2D eigenvalue weighted by Crippen LogP contribution is -2.34. The van der Waals surface area contributed by atoms with Crippen molar-refractivity contribution < 1.29 is 4.74 Å². The van der Waals surface area contributed by atoms with E-state index in [9.17, 15) is 0 Å². The van der Waals surface area contributed by atoms with Crippen molar-refractivity contribution in [3.8, 4) is 0 Å². The van der Waals surface area contributed by atoms with E-state index in [-0.39, 0.29) is 0 Å². The summed E-state index contributed by atoms with van der Waals surface area (Å²) in [7, 11) is 0. The van der Waals surface area contributed by atoms with E-state index in [2.05, 4.69) is 41.4 Å². The molecule has 0 amide bonds. The minimum absolute atomic E-state index is 0.432. The number of hydrogen-bond donors (Lipinski definition) is 1. The summed E-state index contributed by atoms with van der Waals surface area (Å²) < 4.78 is 5.78. The third-order valence-corrected chi connectivity index (χ3v) is 4.79. The summed E-state index contributed by atoms with van der Waals surface area (Å²) in [6, 6.07) is 9.38. The molecule has 2 heterocycles. The molecule has 2 aliphatic rings. The highest BCUT2D eigenvalue weighted by atomic mass is 16.5. The molecule has 3 nitrogen and oxygen atoms in total. The maximum atomic E-state index is 5.78. The van der Waals surface area contributed by atoms with Gasteiger partial charge in [-0.1, -0.05) is 25.1 Å². The third kappa shape index (κ3) is 3.98. The van der Waals surface area contributed by atoms with E-state index in [0.717, 1.165) is 32.4 Å². The molecule has 2 aliphatic heterocycles. The first-order chi connectivity index (χ1) is 10.3. The molecule has 2 saturated heterocycles. The summed E-state index contributed by atoms with van der Waals surface area (Å²) in [6.07, 6.45) is 6.51. The van der Waals surface area contributed by atoms with Gasteiger partial charge in [0.25, 0.3) is 0 Å². The summed E-state index contributed by atoms with van der Waals surface area (Å²) in [5, 5.41) is 3.78. The number of para-hydroxylation sites is 1. The Morgan fingerprint density at radius 3 is 2.86 bits per heavy atom. The van der Waals surface area contributed by atoms with Gasteiger partial charge in [-0.25, -0.2) is 0 Å². The van der Waals surface area contributed by atoms with Gasteiger partial charge in [0.15, 0.2) is 0 Å². The van der Waals surface area contributed by atoms with E-state index in [1.807, 2.05) is 0 Å². The Bertz CT molecular complexity index is 443. The molecule has 0 radical (unpaired) electrons. The SMILES string of the molecule is CCC1CC(Nc2ccccc2CN2CCCC2)CCO1. The number of hydrogen-bond acceptors (Lipinski definition) is 3. The average molecular weight is 288 g/mol. The van der Waals surface area contributed by atoms with Crippen molar-refractivity contribution in [1.29, 1.82) is 0 Å². The molecule has 0 spiro atoms. The van der Waals surface area contributed by atoms with Crippen molar-refractivity contribution in [1.82, 2.24) is 4.90 Å². The number of nitrogens with zero attached hydrogens (tertiary/aromatic N) is 1. The second kappa shape index (κ2) is 7.28. The monoisotopic (exact) mass is 288 g/mol. The molecule has 0 aliphatic carbocycles. The number of likely N-dealkylation sites (tertiary alicyclic amines) is 1. The van der Waals surface area contributed by atoms with Gasteiger partial charge in [0.05, 0.1) is 6.10 Å². The van der Waals surface area contributed by atoms with Crippen molar-refractivity contribution in [2.75, 3.05) is 25.0 Å². The topological polar surface area (TPSA) is 24.5 Å². The highest BCUT2D eigenvalue weighted by Gasteiger charge is 2.22. The molecule has 1 aromatic rings. The highest BCUT2D eigenvalue weighted by molar-refractivity contribution is 5.51. The number of ether oxygens (including phenoxy) is 1. The standard InChI is InChI=1S/C18H28N2O/c1-2-17-13-16(9-12-21-17)19-18-8-4-3-7-15(18)14-20-10-5-6-11-20/h3-4,7-8,16-17,19H,2,5-6,9-14H2,1H3. The van der Waals surface area contributed by atoms with Crippen molar-refractivity contribution in [2.24, 2.45) is 0 Å². The molecule has 0 bridgehead atoms. The van der Waals surface area contributed by atoms with Crippen molar-refractivity contribution in [3.63, 3.8) is 0 Å². The van der Waals surface area contributed by atoms with Crippen LogP contribution in [0.2, 0.25) is 0 Å². The van der Waals surface area contributed by atoms with E-state index in [4.69, 9.17) is 4.74 Å². The predicted octanol–water partition coefficient (Wildman–Crippen LogP) is 3.65. The molecule has 116 valence electrons. The Balaban J connectivity index is 1.64. The Hall–Kier alpha value is -1.06. The molecule has 2 unspecified atom stereocenters. The zero-order valence-electron chi connectivity index (χ0n) is 13.2. The van der Waals surface area contributed by atoms with Crippen LogP contribution < -0.4 is 5.32 Å². The highest BCUT2D eigenvalue weighted by Crippen LogP contribution is 2.24. The Labute approximate surface area is 128 Å². The van der Waals surface area contributed by atoms with Crippen LogP contribution in [0.15, 0.2) is 24.3 Å². The molecule has 21 heavy (non-hydrogen) atoms.